The van der Waals surface area contributed by atoms with Gasteiger partial charge in [0.1, 0.15) is 0 Å². The Morgan fingerprint density at radius 3 is 2.43 bits per heavy atom. The lowest BCUT2D eigenvalue weighted by Gasteiger charge is -2.14. The molecule has 0 heterocycles. The maximum absolute atomic E-state index is 6.14. The Bertz CT molecular complexity index is 574. The number of benzene rings is 2. The summed E-state index contributed by atoms with van der Waals surface area (Å²) in [4.78, 5) is 0. The molecule has 0 saturated heterocycles. The van der Waals surface area contributed by atoms with Crippen LogP contribution in [0.3, 0.4) is 0 Å². The van der Waals surface area contributed by atoms with Gasteiger partial charge < -0.3 is 15.2 Å². The molecule has 21 heavy (non-hydrogen) atoms. The number of halogens is 1. The fourth-order valence-corrected chi connectivity index (χ4v) is 2.32. The van der Waals surface area contributed by atoms with Crippen molar-refractivity contribution in [1.29, 1.82) is 0 Å². The summed E-state index contributed by atoms with van der Waals surface area (Å²) in [6, 6.07) is 15.4. The zero-order valence-corrected chi connectivity index (χ0v) is 12.8. The number of hydrogen-bond donors (Lipinski definition) is 1. The Hall–Kier alpha value is -1.71. The van der Waals surface area contributed by atoms with E-state index in [-0.39, 0.29) is 6.04 Å². The average molecular weight is 306 g/mol. The summed E-state index contributed by atoms with van der Waals surface area (Å²) >= 11 is 6.13. The van der Waals surface area contributed by atoms with Crippen LogP contribution in [0.4, 0.5) is 0 Å². The molecule has 2 N–H and O–H groups in total. The van der Waals surface area contributed by atoms with E-state index in [2.05, 4.69) is 0 Å². The summed E-state index contributed by atoms with van der Waals surface area (Å²) in [5, 5.41) is 0.763. The molecule has 2 aromatic carbocycles. The van der Waals surface area contributed by atoms with E-state index in [4.69, 9.17) is 26.8 Å². The van der Waals surface area contributed by atoms with Crippen LogP contribution in [0.15, 0.2) is 48.5 Å². The Labute approximate surface area is 130 Å². The summed E-state index contributed by atoms with van der Waals surface area (Å²) in [6.07, 6.45) is 1.50. The van der Waals surface area contributed by atoms with Gasteiger partial charge in [-0.1, -0.05) is 41.9 Å². The fraction of sp³-hybridized carbons (Fsp3) is 0.294. The third-order valence-electron chi connectivity index (χ3n) is 3.26. The second-order valence-electron chi connectivity index (χ2n) is 4.84. The van der Waals surface area contributed by atoms with Gasteiger partial charge in [-0.2, -0.15) is 0 Å². The van der Waals surface area contributed by atoms with Gasteiger partial charge in [-0.3, -0.25) is 0 Å². The molecule has 0 aliphatic rings. The number of hydrogen-bond acceptors (Lipinski definition) is 3. The Morgan fingerprint density at radius 2 is 1.71 bits per heavy atom. The lowest BCUT2D eigenvalue weighted by molar-refractivity contribution is 0.279. The smallest absolute Gasteiger partial charge is 0.161 e. The highest BCUT2D eigenvalue weighted by Gasteiger charge is 2.08. The summed E-state index contributed by atoms with van der Waals surface area (Å²) in [6.45, 7) is 0.548. The molecule has 0 radical (unpaired) electrons. The number of rotatable bonds is 7. The van der Waals surface area contributed by atoms with Crippen LogP contribution in [0.5, 0.6) is 11.5 Å². The first kappa shape index (κ1) is 15.7. The van der Waals surface area contributed by atoms with E-state index in [0.717, 1.165) is 34.9 Å². The summed E-state index contributed by atoms with van der Waals surface area (Å²) in [7, 11) is 1.63. The van der Waals surface area contributed by atoms with Crippen LogP contribution < -0.4 is 15.2 Å². The SMILES string of the molecule is COc1ccccc1OCCC(N)Cc1ccccc1Cl. The molecule has 0 bridgehead atoms. The topological polar surface area (TPSA) is 44.5 Å². The molecule has 0 aliphatic carbocycles. The van der Waals surface area contributed by atoms with Crippen LogP contribution in [0.2, 0.25) is 5.02 Å². The Morgan fingerprint density at radius 1 is 1.05 bits per heavy atom. The summed E-state index contributed by atoms with van der Waals surface area (Å²) < 4.78 is 11.0. The van der Waals surface area contributed by atoms with Crippen molar-refractivity contribution in [2.75, 3.05) is 13.7 Å². The maximum Gasteiger partial charge on any atom is 0.161 e. The van der Waals surface area contributed by atoms with Crippen molar-refractivity contribution in [3.05, 3.63) is 59.1 Å². The van der Waals surface area contributed by atoms with Gasteiger partial charge in [-0.15, -0.1) is 0 Å². The van der Waals surface area contributed by atoms with Crippen LogP contribution in [-0.4, -0.2) is 19.8 Å². The van der Waals surface area contributed by atoms with E-state index >= 15 is 0 Å². The van der Waals surface area contributed by atoms with Crippen LogP contribution in [0.25, 0.3) is 0 Å². The van der Waals surface area contributed by atoms with Gasteiger partial charge in [0.2, 0.25) is 0 Å². The van der Waals surface area contributed by atoms with Crippen LogP contribution >= 0.6 is 11.6 Å². The lowest BCUT2D eigenvalue weighted by Crippen LogP contribution is -2.25. The van der Waals surface area contributed by atoms with Crippen molar-refractivity contribution in [3.63, 3.8) is 0 Å². The first-order valence-corrected chi connectivity index (χ1v) is 7.33. The van der Waals surface area contributed by atoms with Gasteiger partial charge in [-0.05, 0) is 36.6 Å². The normalized spacial score (nSPS) is 12.0. The van der Waals surface area contributed by atoms with Crippen molar-refractivity contribution in [1.82, 2.24) is 0 Å². The van der Waals surface area contributed by atoms with E-state index < -0.39 is 0 Å². The van der Waals surface area contributed by atoms with Crippen molar-refractivity contribution in [2.45, 2.75) is 18.9 Å². The minimum atomic E-state index is 0.0135. The van der Waals surface area contributed by atoms with Gasteiger partial charge in [-0.25, -0.2) is 0 Å². The molecule has 2 aromatic rings. The highest BCUT2D eigenvalue weighted by atomic mass is 35.5. The predicted octanol–water partition coefficient (Wildman–Crippen LogP) is 3.69. The van der Waals surface area contributed by atoms with E-state index in [9.17, 15) is 0 Å². The van der Waals surface area contributed by atoms with Gasteiger partial charge >= 0.3 is 0 Å². The maximum atomic E-state index is 6.14. The molecule has 0 aromatic heterocycles. The standard InChI is InChI=1S/C17H20ClNO2/c1-20-16-8-4-5-9-17(16)21-11-10-14(19)12-13-6-2-3-7-15(13)18/h2-9,14H,10-12,19H2,1H3. The van der Waals surface area contributed by atoms with Crippen molar-refractivity contribution >= 4 is 11.6 Å². The molecule has 1 atom stereocenters. The average Bonchev–Trinajstić information content (AvgIpc) is 2.50. The van der Waals surface area contributed by atoms with Crippen LogP contribution in [0.1, 0.15) is 12.0 Å². The third-order valence-corrected chi connectivity index (χ3v) is 3.62. The molecule has 1 unspecified atom stereocenters. The molecule has 0 aliphatic heterocycles. The molecule has 2 rings (SSSR count). The molecular formula is C17H20ClNO2. The largest absolute Gasteiger partial charge is 0.493 e. The van der Waals surface area contributed by atoms with Crippen molar-refractivity contribution in [3.8, 4) is 11.5 Å². The Balaban J connectivity index is 1.82. The van der Waals surface area contributed by atoms with Crippen molar-refractivity contribution < 1.29 is 9.47 Å². The molecule has 0 spiro atoms. The first-order valence-electron chi connectivity index (χ1n) is 6.95. The Kier molecular flexibility index (Phi) is 5.90. The fourth-order valence-electron chi connectivity index (χ4n) is 2.11. The van der Waals surface area contributed by atoms with E-state index in [0.29, 0.717) is 6.61 Å². The number of ether oxygens (including phenoxy) is 2. The molecule has 3 nitrogen and oxygen atoms in total. The highest BCUT2D eigenvalue weighted by Crippen LogP contribution is 2.26. The van der Waals surface area contributed by atoms with E-state index in [1.54, 1.807) is 7.11 Å². The summed E-state index contributed by atoms with van der Waals surface area (Å²) in [5.41, 5.74) is 7.21. The molecular weight excluding hydrogens is 286 g/mol. The quantitative estimate of drug-likeness (QED) is 0.848. The van der Waals surface area contributed by atoms with Crippen LogP contribution in [0, 0.1) is 0 Å². The van der Waals surface area contributed by atoms with Crippen LogP contribution in [-0.2, 0) is 6.42 Å². The van der Waals surface area contributed by atoms with Gasteiger partial charge in [0.25, 0.3) is 0 Å². The predicted molar refractivity (Wildman–Crippen MR) is 86.2 cm³/mol. The van der Waals surface area contributed by atoms with Crippen molar-refractivity contribution in [2.24, 2.45) is 5.73 Å². The number of methoxy groups -OCH3 is 1. The zero-order valence-electron chi connectivity index (χ0n) is 12.1. The lowest BCUT2D eigenvalue weighted by atomic mass is 10.0. The van der Waals surface area contributed by atoms with E-state index in [1.165, 1.54) is 0 Å². The molecule has 0 amide bonds. The second kappa shape index (κ2) is 7.91. The van der Waals surface area contributed by atoms with E-state index in [1.807, 2.05) is 48.5 Å². The minimum absolute atomic E-state index is 0.0135. The number of para-hydroxylation sites is 2. The van der Waals surface area contributed by atoms with Gasteiger partial charge in [0.05, 0.1) is 13.7 Å². The molecule has 4 heteroatoms. The van der Waals surface area contributed by atoms with Gasteiger partial charge in [0, 0.05) is 11.1 Å². The number of nitrogens with two attached hydrogens (primary N) is 1. The highest BCUT2D eigenvalue weighted by molar-refractivity contribution is 6.31. The summed E-state index contributed by atoms with van der Waals surface area (Å²) in [5.74, 6) is 1.47. The molecule has 112 valence electrons. The second-order valence-corrected chi connectivity index (χ2v) is 5.25. The molecule has 0 fully saturated rings. The van der Waals surface area contributed by atoms with Gasteiger partial charge in [0.15, 0.2) is 11.5 Å². The third kappa shape index (κ3) is 4.66. The zero-order chi connectivity index (χ0) is 15.1. The first-order chi connectivity index (χ1) is 10.2. The monoisotopic (exact) mass is 305 g/mol. The minimum Gasteiger partial charge on any atom is -0.493 e. The molecule has 0 saturated carbocycles.